The third-order valence-corrected chi connectivity index (χ3v) is 10.1. The molecule has 6 N–H and O–H groups in total. The summed E-state index contributed by atoms with van der Waals surface area (Å²) in [6.07, 6.45) is 1.36. The number of esters is 1. The number of hydrogen-bond donors (Lipinski definition) is 5. The first kappa shape index (κ1) is 42.8. The second-order valence-electron chi connectivity index (χ2n) is 11.9. The number of hydrogen-bond acceptors (Lipinski definition) is 8. The summed E-state index contributed by atoms with van der Waals surface area (Å²) in [7, 11) is 1.39. The molecule has 1 amide bonds. The number of aliphatic hydroxyl groups excluding tert-OH is 1. The standard InChI is InChI=1S/C32H42I4N4O8/c1-6-18(29(44)46-5)8-7-9-38-31(37)39-15-19(41)16-47-26-23(35)13-20(14-24(26)36)48-27-21(33)10-17(11-22(27)34)12-25(28(42)43)40-30(45)32(2,3)4/h10-11,13-14,18-19,25,41H,6-9,12,15-16H2,1-5H3,(H,40,45)(H,42,43)(H3,37,38,39). The van der Waals surface area contributed by atoms with E-state index in [1.54, 1.807) is 20.8 Å². The number of aliphatic carboxylic acids is 1. The molecule has 0 radical (unpaired) electrons. The largest absolute Gasteiger partial charge is 0.489 e. The van der Waals surface area contributed by atoms with E-state index in [1.807, 2.05) is 31.2 Å². The van der Waals surface area contributed by atoms with Crippen molar-refractivity contribution in [2.45, 2.75) is 65.5 Å². The summed E-state index contributed by atoms with van der Waals surface area (Å²) >= 11 is 8.61. The van der Waals surface area contributed by atoms with Crippen LogP contribution in [0.4, 0.5) is 0 Å². The molecule has 0 bridgehead atoms. The molecular formula is C32H42I4N4O8. The molecule has 0 heterocycles. The molecule has 2 aromatic carbocycles. The van der Waals surface area contributed by atoms with Crippen molar-refractivity contribution in [2.75, 3.05) is 26.8 Å². The molecule has 12 nitrogen and oxygen atoms in total. The van der Waals surface area contributed by atoms with E-state index in [9.17, 15) is 24.6 Å². The summed E-state index contributed by atoms with van der Waals surface area (Å²) in [5.41, 5.74) is 5.97. The molecule has 2 rings (SSSR count). The van der Waals surface area contributed by atoms with Crippen LogP contribution in [0.1, 0.15) is 52.5 Å². The van der Waals surface area contributed by atoms with Crippen molar-refractivity contribution >= 4 is 114 Å². The molecule has 0 spiro atoms. The van der Waals surface area contributed by atoms with Crippen molar-refractivity contribution in [3.05, 3.63) is 44.1 Å². The minimum absolute atomic E-state index is 0.00506. The quantitative estimate of drug-likeness (QED) is 0.0435. The van der Waals surface area contributed by atoms with Crippen LogP contribution in [0.15, 0.2) is 29.3 Å². The fourth-order valence-corrected chi connectivity index (χ4v) is 8.34. The Morgan fingerprint density at radius 3 is 2.10 bits per heavy atom. The number of halogens is 4. The maximum Gasteiger partial charge on any atom is 0.326 e. The number of methoxy groups -OCH3 is 1. The van der Waals surface area contributed by atoms with Gasteiger partial charge in [-0.3, -0.25) is 14.6 Å². The number of ether oxygens (including phenoxy) is 3. The van der Waals surface area contributed by atoms with Crippen LogP contribution in [0.5, 0.6) is 17.2 Å². The Morgan fingerprint density at radius 1 is 1.00 bits per heavy atom. The third-order valence-electron chi connectivity index (χ3n) is 6.93. The second kappa shape index (κ2) is 20.4. The molecule has 0 saturated heterocycles. The van der Waals surface area contributed by atoms with Gasteiger partial charge in [0.15, 0.2) is 11.7 Å². The van der Waals surface area contributed by atoms with Gasteiger partial charge in [0, 0.05) is 18.4 Å². The fourth-order valence-electron chi connectivity index (χ4n) is 4.20. The highest BCUT2D eigenvalue weighted by molar-refractivity contribution is 14.1. The molecule has 48 heavy (non-hydrogen) atoms. The topological polar surface area (TPSA) is 182 Å². The van der Waals surface area contributed by atoms with Crippen molar-refractivity contribution in [3.63, 3.8) is 0 Å². The number of guanidine groups is 1. The maximum atomic E-state index is 12.4. The van der Waals surface area contributed by atoms with E-state index in [-0.39, 0.29) is 43.3 Å². The average Bonchev–Trinajstić information content (AvgIpc) is 3.00. The van der Waals surface area contributed by atoms with Crippen molar-refractivity contribution in [3.8, 4) is 17.2 Å². The molecule has 0 aromatic heterocycles. The summed E-state index contributed by atoms with van der Waals surface area (Å²) in [5.74, 6) is 0.238. The van der Waals surface area contributed by atoms with Gasteiger partial charge in [0.05, 0.1) is 33.9 Å². The molecule has 2 aromatic rings. The monoisotopic (exact) mass is 1120 g/mol. The Hall–Kier alpha value is -1.40. The minimum Gasteiger partial charge on any atom is -0.489 e. The van der Waals surface area contributed by atoms with Crippen molar-refractivity contribution < 1.29 is 38.8 Å². The van der Waals surface area contributed by atoms with Crippen LogP contribution in [0.25, 0.3) is 0 Å². The lowest BCUT2D eigenvalue weighted by atomic mass is 9.94. The Labute approximate surface area is 336 Å². The lowest BCUT2D eigenvalue weighted by molar-refractivity contribution is -0.145. The molecule has 3 unspecified atom stereocenters. The Kier molecular flexibility index (Phi) is 18.2. The number of carboxylic acids is 1. The molecule has 0 fully saturated rings. The number of carbonyl (C=O) groups excluding carboxylic acids is 2. The van der Waals surface area contributed by atoms with Gasteiger partial charge in [-0.2, -0.15) is 0 Å². The highest BCUT2D eigenvalue weighted by atomic mass is 127. The number of aliphatic hydroxyl groups is 1. The molecule has 3 atom stereocenters. The highest BCUT2D eigenvalue weighted by Crippen LogP contribution is 2.37. The molecule has 0 aliphatic carbocycles. The van der Waals surface area contributed by atoms with E-state index in [1.165, 1.54) is 7.11 Å². The number of aliphatic imine (C=N–C) groups is 1. The first-order valence-corrected chi connectivity index (χ1v) is 19.4. The van der Waals surface area contributed by atoms with Crippen LogP contribution in [0, 0.1) is 25.6 Å². The number of nitrogens with zero attached hydrogens (tertiary/aromatic N) is 1. The summed E-state index contributed by atoms with van der Waals surface area (Å²) < 4.78 is 20.1. The summed E-state index contributed by atoms with van der Waals surface area (Å²) in [6.45, 7) is 7.75. The van der Waals surface area contributed by atoms with E-state index >= 15 is 0 Å². The third kappa shape index (κ3) is 14.1. The van der Waals surface area contributed by atoms with Crippen molar-refractivity contribution in [2.24, 2.45) is 22.1 Å². The van der Waals surface area contributed by atoms with Crippen molar-refractivity contribution in [1.82, 2.24) is 10.6 Å². The molecule has 0 saturated carbocycles. The van der Waals surface area contributed by atoms with Crippen LogP contribution in [0.3, 0.4) is 0 Å². The predicted molar refractivity (Wildman–Crippen MR) is 218 cm³/mol. The van der Waals surface area contributed by atoms with Gasteiger partial charge in [-0.05, 0) is 139 Å². The molecule has 266 valence electrons. The smallest absolute Gasteiger partial charge is 0.326 e. The molecule has 0 aliphatic heterocycles. The van der Waals surface area contributed by atoms with Gasteiger partial charge in [0.2, 0.25) is 5.91 Å². The lowest BCUT2D eigenvalue weighted by Gasteiger charge is -2.22. The number of carboxylic acid groups (broad SMARTS) is 1. The van der Waals surface area contributed by atoms with Crippen LogP contribution in [-0.4, -0.2) is 73.0 Å². The molecule has 16 heteroatoms. The van der Waals surface area contributed by atoms with E-state index in [0.717, 1.165) is 26.3 Å². The summed E-state index contributed by atoms with van der Waals surface area (Å²) in [5, 5.41) is 25.8. The van der Waals surface area contributed by atoms with Gasteiger partial charge >= 0.3 is 11.9 Å². The van der Waals surface area contributed by atoms with E-state index < -0.39 is 23.5 Å². The zero-order valence-electron chi connectivity index (χ0n) is 27.4. The number of carbonyl (C=O) groups is 3. The number of amides is 1. The normalized spacial score (nSPS) is 13.7. The Bertz CT molecular complexity index is 1420. The van der Waals surface area contributed by atoms with Gasteiger partial charge in [0.1, 0.15) is 30.3 Å². The number of nitrogens with one attached hydrogen (secondary N) is 2. The first-order valence-electron chi connectivity index (χ1n) is 15.1. The van der Waals surface area contributed by atoms with Gasteiger partial charge in [-0.1, -0.05) is 27.7 Å². The van der Waals surface area contributed by atoms with Crippen LogP contribution < -0.4 is 25.8 Å². The van der Waals surface area contributed by atoms with E-state index in [4.69, 9.17) is 19.9 Å². The Balaban J connectivity index is 1.98. The SMILES string of the molecule is CCC(CCCNC(N)=NCC(O)COc1c(I)cc(Oc2c(I)cc(CC(NC(=O)C(C)(C)C)C(=O)O)cc2I)cc1I)C(=O)OC. The minimum atomic E-state index is -1.10. The Morgan fingerprint density at radius 2 is 1.58 bits per heavy atom. The summed E-state index contributed by atoms with van der Waals surface area (Å²) in [6, 6.07) is 6.30. The zero-order chi connectivity index (χ0) is 36.2. The first-order chi connectivity index (χ1) is 22.5. The van der Waals surface area contributed by atoms with Crippen molar-refractivity contribution in [1.29, 1.82) is 0 Å². The zero-order valence-corrected chi connectivity index (χ0v) is 36.0. The predicted octanol–water partition coefficient (Wildman–Crippen LogP) is 5.68. The number of nitrogens with two attached hydrogens (primary N) is 1. The van der Waals surface area contributed by atoms with Crippen LogP contribution >= 0.6 is 90.4 Å². The van der Waals surface area contributed by atoms with Crippen LogP contribution in [-0.2, 0) is 25.5 Å². The van der Waals surface area contributed by atoms with Gasteiger partial charge < -0.3 is 40.8 Å². The fraction of sp³-hybridized carbons (Fsp3) is 0.500. The highest BCUT2D eigenvalue weighted by Gasteiger charge is 2.28. The second-order valence-corrected chi connectivity index (χ2v) is 16.6. The number of benzene rings is 2. The van der Waals surface area contributed by atoms with Gasteiger partial charge in [-0.25, -0.2) is 4.79 Å². The summed E-state index contributed by atoms with van der Waals surface area (Å²) in [4.78, 5) is 40.2. The van der Waals surface area contributed by atoms with E-state index in [2.05, 4.69) is 106 Å². The molecular weight excluding hydrogens is 1080 g/mol. The number of rotatable bonds is 17. The van der Waals surface area contributed by atoms with Gasteiger partial charge in [-0.15, -0.1) is 0 Å². The molecule has 0 aliphatic rings. The van der Waals surface area contributed by atoms with Gasteiger partial charge in [0.25, 0.3) is 0 Å². The van der Waals surface area contributed by atoms with E-state index in [0.29, 0.717) is 36.6 Å². The average molecular weight is 1120 g/mol. The lowest BCUT2D eigenvalue weighted by Crippen LogP contribution is -2.46. The van der Waals surface area contributed by atoms with Crippen LogP contribution in [0.2, 0.25) is 0 Å². The maximum absolute atomic E-state index is 12.4.